The highest BCUT2D eigenvalue weighted by Gasteiger charge is 2.06. The van der Waals surface area contributed by atoms with Gasteiger partial charge in [-0.1, -0.05) is 63.3 Å². The van der Waals surface area contributed by atoms with E-state index < -0.39 is 6.10 Å². The van der Waals surface area contributed by atoms with E-state index in [-0.39, 0.29) is 0 Å². The second-order valence-corrected chi connectivity index (χ2v) is 6.51. The average molecular weight is 329 g/mol. The molecular weight excluding hydrogens is 298 g/mol. The number of nitrogens with one attached hydrogen (secondary N) is 1. The Labute approximate surface area is 146 Å². The summed E-state index contributed by atoms with van der Waals surface area (Å²) in [7, 11) is 0. The first kappa shape index (κ1) is 18.8. The van der Waals surface area contributed by atoms with Gasteiger partial charge in [-0.05, 0) is 37.6 Å². The van der Waals surface area contributed by atoms with Crippen LogP contribution in [0.1, 0.15) is 69.8 Å². The first-order chi connectivity index (χ1) is 11.7. The molecule has 0 aliphatic carbocycles. The summed E-state index contributed by atoms with van der Waals surface area (Å²) in [6.07, 6.45) is 7.50. The van der Waals surface area contributed by atoms with Crippen LogP contribution >= 0.6 is 0 Å². The van der Waals surface area contributed by atoms with E-state index in [9.17, 15) is 5.11 Å². The highest BCUT2D eigenvalue weighted by atomic mass is 16.3. The zero-order valence-corrected chi connectivity index (χ0v) is 15.1. The largest absolute Gasteiger partial charge is 0.460 e. The van der Waals surface area contributed by atoms with Crippen molar-refractivity contribution in [2.45, 2.75) is 65.0 Å². The van der Waals surface area contributed by atoms with Crippen LogP contribution in [0.3, 0.4) is 0 Å². The standard InChI is InChI=1S/C21H31NO2/c1-3-4-5-6-7-8-15-22-16-20-13-14-21(24-20)19-11-9-18(10-12-19)17(2)23/h9-14,17,22-23H,3-8,15-16H2,1-2H3. The van der Waals surface area contributed by atoms with E-state index in [4.69, 9.17) is 4.42 Å². The van der Waals surface area contributed by atoms with Crippen molar-refractivity contribution in [3.8, 4) is 11.3 Å². The molecule has 0 bridgehead atoms. The normalized spacial score (nSPS) is 12.5. The molecule has 0 aliphatic rings. The molecule has 0 saturated heterocycles. The van der Waals surface area contributed by atoms with Crippen LogP contribution in [-0.4, -0.2) is 11.7 Å². The molecule has 24 heavy (non-hydrogen) atoms. The molecule has 0 radical (unpaired) electrons. The van der Waals surface area contributed by atoms with Gasteiger partial charge in [0.1, 0.15) is 11.5 Å². The topological polar surface area (TPSA) is 45.4 Å². The van der Waals surface area contributed by atoms with Crippen molar-refractivity contribution in [3.05, 3.63) is 47.7 Å². The molecule has 1 aromatic carbocycles. The van der Waals surface area contributed by atoms with E-state index >= 15 is 0 Å². The van der Waals surface area contributed by atoms with Crippen LogP contribution in [0.15, 0.2) is 40.8 Å². The summed E-state index contributed by atoms with van der Waals surface area (Å²) < 4.78 is 5.90. The molecule has 2 aromatic rings. The van der Waals surface area contributed by atoms with Crippen molar-refractivity contribution in [3.63, 3.8) is 0 Å². The van der Waals surface area contributed by atoms with E-state index in [1.165, 1.54) is 38.5 Å². The van der Waals surface area contributed by atoms with Gasteiger partial charge in [-0.2, -0.15) is 0 Å². The lowest BCUT2D eigenvalue weighted by molar-refractivity contribution is 0.199. The minimum atomic E-state index is -0.433. The summed E-state index contributed by atoms with van der Waals surface area (Å²) in [5, 5.41) is 13.0. The second kappa shape index (κ2) is 10.3. The molecule has 0 fully saturated rings. The molecular formula is C21H31NO2. The predicted octanol–water partition coefficient (Wildman–Crippen LogP) is 5.45. The summed E-state index contributed by atoms with van der Waals surface area (Å²) in [5.74, 6) is 1.85. The maximum Gasteiger partial charge on any atom is 0.134 e. The Bertz CT molecular complexity index is 572. The minimum Gasteiger partial charge on any atom is -0.460 e. The fraction of sp³-hybridized carbons (Fsp3) is 0.524. The molecule has 1 heterocycles. The Morgan fingerprint density at radius 2 is 1.67 bits per heavy atom. The van der Waals surface area contributed by atoms with Gasteiger partial charge >= 0.3 is 0 Å². The fourth-order valence-electron chi connectivity index (χ4n) is 2.80. The lowest BCUT2D eigenvalue weighted by Gasteiger charge is -2.05. The molecule has 1 unspecified atom stereocenters. The lowest BCUT2D eigenvalue weighted by Crippen LogP contribution is -2.14. The second-order valence-electron chi connectivity index (χ2n) is 6.51. The Morgan fingerprint density at radius 1 is 0.958 bits per heavy atom. The third kappa shape index (κ3) is 6.14. The lowest BCUT2D eigenvalue weighted by atomic mass is 10.1. The zero-order chi connectivity index (χ0) is 17.2. The van der Waals surface area contributed by atoms with Crippen molar-refractivity contribution in [1.29, 1.82) is 0 Å². The number of aliphatic hydroxyl groups is 1. The van der Waals surface area contributed by atoms with Gasteiger partial charge in [0.25, 0.3) is 0 Å². The number of furan rings is 1. The molecule has 3 heteroatoms. The van der Waals surface area contributed by atoms with Crippen LogP contribution in [0.5, 0.6) is 0 Å². The SMILES string of the molecule is CCCCCCCCNCc1ccc(-c2ccc(C(C)O)cc2)o1. The van der Waals surface area contributed by atoms with Crippen molar-refractivity contribution in [2.75, 3.05) is 6.54 Å². The van der Waals surface area contributed by atoms with Crippen LogP contribution in [-0.2, 0) is 6.54 Å². The molecule has 132 valence electrons. The molecule has 1 atom stereocenters. The Hall–Kier alpha value is -1.58. The number of benzene rings is 1. The molecule has 0 saturated carbocycles. The first-order valence-corrected chi connectivity index (χ1v) is 9.28. The maximum atomic E-state index is 9.56. The van der Waals surface area contributed by atoms with Gasteiger partial charge in [0.15, 0.2) is 0 Å². The Balaban J connectivity index is 1.71. The van der Waals surface area contributed by atoms with E-state index in [0.29, 0.717) is 0 Å². The van der Waals surface area contributed by atoms with Crippen molar-refractivity contribution >= 4 is 0 Å². The summed E-state index contributed by atoms with van der Waals surface area (Å²) >= 11 is 0. The zero-order valence-electron chi connectivity index (χ0n) is 15.1. The molecule has 2 N–H and O–H groups in total. The van der Waals surface area contributed by atoms with Gasteiger partial charge in [0.05, 0.1) is 12.6 Å². The van der Waals surface area contributed by atoms with Gasteiger partial charge in [0, 0.05) is 5.56 Å². The van der Waals surface area contributed by atoms with Crippen LogP contribution in [0.4, 0.5) is 0 Å². The smallest absolute Gasteiger partial charge is 0.134 e. The monoisotopic (exact) mass is 329 g/mol. The van der Waals surface area contributed by atoms with E-state index in [0.717, 1.165) is 35.7 Å². The molecule has 3 nitrogen and oxygen atoms in total. The number of aliphatic hydroxyl groups excluding tert-OH is 1. The van der Waals surface area contributed by atoms with Gasteiger partial charge in [-0.3, -0.25) is 0 Å². The third-order valence-electron chi connectivity index (χ3n) is 4.35. The quantitative estimate of drug-likeness (QED) is 0.539. The summed E-state index contributed by atoms with van der Waals surface area (Å²) in [5.41, 5.74) is 1.97. The fourth-order valence-corrected chi connectivity index (χ4v) is 2.80. The molecule has 0 amide bonds. The van der Waals surface area contributed by atoms with Crippen LogP contribution < -0.4 is 5.32 Å². The average Bonchev–Trinajstić information content (AvgIpc) is 3.06. The summed E-state index contributed by atoms with van der Waals surface area (Å²) in [6.45, 7) is 5.85. The van der Waals surface area contributed by atoms with Gasteiger partial charge in [-0.25, -0.2) is 0 Å². The minimum absolute atomic E-state index is 0.433. The first-order valence-electron chi connectivity index (χ1n) is 9.28. The van der Waals surface area contributed by atoms with E-state index in [2.05, 4.69) is 12.2 Å². The number of hydrogen-bond acceptors (Lipinski definition) is 3. The van der Waals surface area contributed by atoms with E-state index in [1.54, 1.807) is 6.92 Å². The highest BCUT2D eigenvalue weighted by Crippen LogP contribution is 2.24. The van der Waals surface area contributed by atoms with Gasteiger partial charge < -0.3 is 14.8 Å². The molecule has 2 rings (SSSR count). The summed E-state index contributed by atoms with van der Waals surface area (Å²) in [6, 6.07) is 11.9. The predicted molar refractivity (Wildman–Crippen MR) is 99.9 cm³/mol. The summed E-state index contributed by atoms with van der Waals surface area (Å²) in [4.78, 5) is 0. The van der Waals surface area contributed by atoms with Crippen LogP contribution in [0, 0.1) is 0 Å². The van der Waals surface area contributed by atoms with E-state index in [1.807, 2.05) is 36.4 Å². The van der Waals surface area contributed by atoms with Gasteiger partial charge in [0.2, 0.25) is 0 Å². The Morgan fingerprint density at radius 3 is 2.38 bits per heavy atom. The van der Waals surface area contributed by atoms with Gasteiger partial charge in [-0.15, -0.1) is 0 Å². The number of hydrogen-bond donors (Lipinski definition) is 2. The van der Waals surface area contributed by atoms with Crippen molar-refractivity contribution in [2.24, 2.45) is 0 Å². The number of rotatable bonds is 11. The molecule has 0 aliphatic heterocycles. The van der Waals surface area contributed by atoms with Crippen LogP contribution in [0.25, 0.3) is 11.3 Å². The van der Waals surface area contributed by atoms with Crippen molar-refractivity contribution in [1.82, 2.24) is 5.32 Å². The maximum absolute atomic E-state index is 9.56. The van der Waals surface area contributed by atoms with Crippen molar-refractivity contribution < 1.29 is 9.52 Å². The van der Waals surface area contributed by atoms with Crippen LogP contribution in [0.2, 0.25) is 0 Å². The Kier molecular flexibility index (Phi) is 8.06. The number of unbranched alkanes of at least 4 members (excludes halogenated alkanes) is 5. The molecule has 1 aromatic heterocycles. The highest BCUT2D eigenvalue weighted by molar-refractivity contribution is 5.58. The molecule has 0 spiro atoms. The third-order valence-corrected chi connectivity index (χ3v) is 4.35.